The van der Waals surface area contributed by atoms with E-state index in [1.165, 1.54) is 29.8 Å². The fourth-order valence-corrected chi connectivity index (χ4v) is 3.41. The molecule has 0 aliphatic carbocycles. The van der Waals surface area contributed by atoms with Crippen molar-refractivity contribution in [3.63, 3.8) is 0 Å². The van der Waals surface area contributed by atoms with Crippen molar-refractivity contribution in [2.24, 2.45) is 0 Å². The lowest BCUT2D eigenvalue weighted by Gasteiger charge is -2.33. The van der Waals surface area contributed by atoms with Gasteiger partial charge in [-0.05, 0) is 37.6 Å². The summed E-state index contributed by atoms with van der Waals surface area (Å²) in [4.78, 5) is 18.7. The Balaban J connectivity index is 1.75. The highest BCUT2D eigenvalue weighted by atomic mass is 19.1. The van der Waals surface area contributed by atoms with E-state index in [0.717, 1.165) is 5.56 Å². The van der Waals surface area contributed by atoms with Gasteiger partial charge in [-0.3, -0.25) is 19.2 Å². The molecule has 7 heteroatoms. The minimum absolute atomic E-state index is 0.0613. The first-order valence-corrected chi connectivity index (χ1v) is 8.67. The van der Waals surface area contributed by atoms with E-state index in [9.17, 15) is 18.0 Å². The Kier molecular flexibility index (Phi) is 4.26. The van der Waals surface area contributed by atoms with Gasteiger partial charge in [-0.25, -0.2) is 13.2 Å². The van der Waals surface area contributed by atoms with E-state index >= 15 is 0 Å². The maximum absolute atomic E-state index is 14.5. The van der Waals surface area contributed by atoms with Gasteiger partial charge in [0.15, 0.2) is 0 Å². The van der Waals surface area contributed by atoms with Crippen LogP contribution in [-0.4, -0.2) is 46.2 Å². The number of pyridine rings is 1. The third-order valence-corrected chi connectivity index (χ3v) is 4.99. The van der Waals surface area contributed by atoms with Crippen LogP contribution in [0, 0.1) is 25.5 Å². The van der Waals surface area contributed by atoms with Crippen LogP contribution in [0.2, 0.25) is 0 Å². The Morgan fingerprint density at radius 2 is 2.00 bits per heavy atom. The van der Waals surface area contributed by atoms with Crippen LogP contribution < -0.4 is 0 Å². The lowest BCUT2D eigenvalue weighted by atomic mass is 10.0. The number of aryl methyl sites for hydroxylation is 1. The summed E-state index contributed by atoms with van der Waals surface area (Å²) in [7, 11) is 0. The van der Waals surface area contributed by atoms with E-state index in [1.54, 1.807) is 17.2 Å². The van der Waals surface area contributed by atoms with E-state index in [1.807, 2.05) is 6.92 Å². The van der Waals surface area contributed by atoms with Gasteiger partial charge in [0.25, 0.3) is 0 Å². The summed E-state index contributed by atoms with van der Waals surface area (Å²) in [6.45, 7) is 3.84. The van der Waals surface area contributed by atoms with E-state index < -0.39 is 17.8 Å². The lowest BCUT2D eigenvalue weighted by molar-refractivity contribution is 0.0523. The van der Waals surface area contributed by atoms with E-state index in [-0.39, 0.29) is 36.7 Å². The maximum Gasteiger partial charge on any atom is 0.245 e. The smallest absolute Gasteiger partial charge is 0.245 e. The molecule has 4 nitrogen and oxygen atoms in total. The number of aromatic nitrogens is 2. The van der Waals surface area contributed by atoms with Crippen molar-refractivity contribution in [1.82, 2.24) is 14.5 Å². The third-order valence-electron chi connectivity index (χ3n) is 4.99. The van der Waals surface area contributed by atoms with Crippen molar-refractivity contribution in [2.45, 2.75) is 20.0 Å². The summed E-state index contributed by atoms with van der Waals surface area (Å²) >= 11 is 0. The van der Waals surface area contributed by atoms with Gasteiger partial charge in [0.1, 0.15) is 17.8 Å². The Bertz CT molecular complexity index is 1050. The molecule has 140 valence electrons. The van der Waals surface area contributed by atoms with Crippen LogP contribution in [0.25, 0.3) is 22.2 Å². The topological polar surface area (TPSA) is 38.1 Å². The zero-order chi connectivity index (χ0) is 19.3. The SMILES string of the molecule is Cc1c(F)ccc(-c2cnc3c(C)cn(C(=O)CN4CC(F)C4)c3c2)c1F. The summed E-state index contributed by atoms with van der Waals surface area (Å²) in [5.41, 5.74) is 2.63. The van der Waals surface area contributed by atoms with Crippen LogP contribution in [0.5, 0.6) is 0 Å². The van der Waals surface area contributed by atoms with Gasteiger partial charge in [0.2, 0.25) is 5.91 Å². The number of halogens is 3. The molecule has 1 saturated heterocycles. The molecule has 1 fully saturated rings. The number of hydrogen-bond donors (Lipinski definition) is 0. The maximum atomic E-state index is 14.5. The zero-order valence-corrected chi connectivity index (χ0v) is 15.0. The van der Waals surface area contributed by atoms with E-state index in [4.69, 9.17) is 0 Å². The predicted octanol–water partition coefficient (Wildman–Crippen LogP) is 3.89. The molecule has 0 saturated carbocycles. The average molecular weight is 373 g/mol. The van der Waals surface area contributed by atoms with Crippen molar-refractivity contribution in [3.8, 4) is 11.1 Å². The number of carbonyl (C=O) groups excluding carboxylic acids is 1. The number of alkyl halides is 1. The molecule has 3 aromatic rings. The first kappa shape index (κ1) is 17.7. The number of benzene rings is 1. The standard InChI is InChI=1S/C20H18F3N3O/c1-11-7-26(18(27)10-25-8-14(21)9-25)17-5-13(6-24-20(11)17)15-3-4-16(22)12(2)19(15)23/h3-7,14H,8-10H2,1-2H3. The fourth-order valence-electron chi connectivity index (χ4n) is 3.41. The minimum atomic E-state index is -0.876. The molecule has 1 aliphatic heterocycles. The van der Waals surface area contributed by atoms with Gasteiger partial charge in [0, 0.05) is 42.2 Å². The first-order chi connectivity index (χ1) is 12.8. The molecular formula is C20H18F3N3O. The van der Waals surface area contributed by atoms with E-state index in [2.05, 4.69) is 4.98 Å². The minimum Gasteiger partial charge on any atom is -0.289 e. The van der Waals surface area contributed by atoms with Crippen molar-refractivity contribution >= 4 is 16.9 Å². The first-order valence-electron chi connectivity index (χ1n) is 8.67. The molecule has 3 heterocycles. The van der Waals surface area contributed by atoms with Crippen molar-refractivity contribution in [3.05, 3.63) is 53.4 Å². The number of rotatable bonds is 3. The Morgan fingerprint density at radius 1 is 1.26 bits per heavy atom. The quantitative estimate of drug-likeness (QED) is 0.699. The molecule has 0 radical (unpaired) electrons. The number of hydrogen-bond acceptors (Lipinski definition) is 3. The Morgan fingerprint density at radius 3 is 2.70 bits per heavy atom. The molecule has 0 bridgehead atoms. The highest BCUT2D eigenvalue weighted by Gasteiger charge is 2.28. The van der Waals surface area contributed by atoms with Crippen molar-refractivity contribution in [2.75, 3.05) is 19.6 Å². The average Bonchev–Trinajstić information content (AvgIpc) is 2.95. The van der Waals surface area contributed by atoms with Crippen LogP contribution in [0.4, 0.5) is 13.2 Å². The Hall–Kier alpha value is -2.67. The van der Waals surface area contributed by atoms with Crippen molar-refractivity contribution < 1.29 is 18.0 Å². The second-order valence-corrected chi connectivity index (χ2v) is 6.99. The van der Waals surface area contributed by atoms with Gasteiger partial charge in [-0.2, -0.15) is 0 Å². The van der Waals surface area contributed by atoms with Crippen LogP contribution >= 0.6 is 0 Å². The molecule has 0 N–H and O–H groups in total. The second kappa shape index (κ2) is 6.49. The predicted molar refractivity (Wildman–Crippen MR) is 96.5 cm³/mol. The molecule has 27 heavy (non-hydrogen) atoms. The van der Waals surface area contributed by atoms with Crippen molar-refractivity contribution in [1.29, 1.82) is 0 Å². The Labute approximate surface area is 154 Å². The number of fused-ring (bicyclic) bond motifs is 1. The van der Waals surface area contributed by atoms with Crippen LogP contribution in [0.3, 0.4) is 0 Å². The highest BCUT2D eigenvalue weighted by Crippen LogP contribution is 2.29. The number of nitrogens with zero attached hydrogens (tertiary/aromatic N) is 3. The van der Waals surface area contributed by atoms with Gasteiger partial charge in [0.05, 0.1) is 17.6 Å². The van der Waals surface area contributed by atoms with E-state index in [0.29, 0.717) is 16.6 Å². The number of carbonyl (C=O) groups is 1. The molecule has 0 atom stereocenters. The van der Waals surface area contributed by atoms with Gasteiger partial charge >= 0.3 is 0 Å². The molecule has 1 aromatic carbocycles. The van der Waals surface area contributed by atoms with Crippen LogP contribution in [-0.2, 0) is 0 Å². The molecule has 1 aliphatic rings. The summed E-state index contributed by atoms with van der Waals surface area (Å²) in [6.07, 6.45) is 2.32. The summed E-state index contributed by atoms with van der Waals surface area (Å²) in [5.74, 6) is -1.46. The van der Waals surface area contributed by atoms with Gasteiger partial charge in [-0.15, -0.1) is 0 Å². The largest absolute Gasteiger partial charge is 0.289 e. The molecule has 4 rings (SSSR count). The molecular weight excluding hydrogens is 355 g/mol. The molecule has 0 amide bonds. The van der Waals surface area contributed by atoms with Crippen LogP contribution in [0.15, 0.2) is 30.6 Å². The van der Waals surface area contributed by atoms with Gasteiger partial charge < -0.3 is 0 Å². The third kappa shape index (κ3) is 3.02. The van der Waals surface area contributed by atoms with Crippen LogP contribution in [0.1, 0.15) is 15.9 Å². The monoisotopic (exact) mass is 373 g/mol. The molecule has 2 aromatic heterocycles. The second-order valence-electron chi connectivity index (χ2n) is 6.99. The lowest BCUT2D eigenvalue weighted by Crippen LogP contribution is -2.50. The number of likely N-dealkylation sites (tertiary alicyclic amines) is 1. The summed E-state index contributed by atoms with van der Waals surface area (Å²) in [5, 5.41) is 0. The zero-order valence-electron chi connectivity index (χ0n) is 15.0. The fraction of sp³-hybridized carbons (Fsp3) is 0.300. The van der Waals surface area contributed by atoms with Gasteiger partial charge in [-0.1, -0.05) is 0 Å². The normalized spacial score (nSPS) is 15.3. The highest BCUT2D eigenvalue weighted by molar-refractivity contribution is 5.95. The summed E-state index contributed by atoms with van der Waals surface area (Å²) in [6, 6.07) is 4.26. The molecule has 0 unspecified atom stereocenters. The molecule has 0 spiro atoms. The summed E-state index contributed by atoms with van der Waals surface area (Å²) < 4.78 is 42.5.